The smallest absolute Gasteiger partial charge is 0.188 e. The van der Waals surface area contributed by atoms with Crippen LogP contribution in [0.25, 0.3) is 0 Å². The highest BCUT2D eigenvalue weighted by Crippen LogP contribution is 2.19. The molecule has 1 fully saturated rings. The third-order valence-corrected chi connectivity index (χ3v) is 3.64. The molecule has 114 valence electrons. The average Bonchev–Trinajstić information content (AvgIpc) is 3.01. The number of rotatable bonds is 5. The minimum absolute atomic E-state index is 0. The molecule has 5 nitrogen and oxygen atoms in total. The normalized spacial score (nSPS) is 18.1. The van der Waals surface area contributed by atoms with Gasteiger partial charge < -0.3 is 15.5 Å². The van der Waals surface area contributed by atoms with E-state index in [0.29, 0.717) is 18.5 Å². The predicted molar refractivity (Wildman–Crippen MR) is 92.4 cm³/mol. The Bertz CT molecular complexity index is 399. The summed E-state index contributed by atoms with van der Waals surface area (Å²) in [6, 6.07) is 4.50. The van der Waals surface area contributed by atoms with Gasteiger partial charge in [0.1, 0.15) is 5.76 Å². The van der Waals surface area contributed by atoms with Crippen LogP contribution in [0.5, 0.6) is 0 Å². The summed E-state index contributed by atoms with van der Waals surface area (Å²) in [6.07, 6.45) is 6.67. The van der Waals surface area contributed by atoms with E-state index in [1.807, 2.05) is 26.2 Å². The summed E-state index contributed by atoms with van der Waals surface area (Å²) in [5.41, 5.74) is 5.95. The van der Waals surface area contributed by atoms with Crippen molar-refractivity contribution in [2.45, 2.75) is 37.8 Å². The molecule has 1 aromatic heterocycles. The van der Waals surface area contributed by atoms with Crippen LogP contribution >= 0.6 is 24.0 Å². The van der Waals surface area contributed by atoms with Gasteiger partial charge >= 0.3 is 0 Å². The van der Waals surface area contributed by atoms with E-state index in [1.165, 1.54) is 25.7 Å². The van der Waals surface area contributed by atoms with Crippen molar-refractivity contribution in [2.24, 2.45) is 10.7 Å². The van der Waals surface area contributed by atoms with Gasteiger partial charge in [-0.25, -0.2) is 0 Å². The Balaban J connectivity index is 0.00000200. The summed E-state index contributed by atoms with van der Waals surface area (Å²) in [7, 11) is 4.03. The van der Waals surface area contributed by atoms with Gasteiger partial charge in [-0.05, 0) is 39.1 Å². The van der Waals surface area contributed by atoms with E-state index in [0.717, 1.165) is 5.76 Å². The predicted octanol–water partition coefficient (Wildman–Crippen LogP) is 2.35. The number of halogens is 1. The Morgan fingerprint density at radius 2 is 2.20 bits per heavy atom. The maximum absolute atomic E-state index is 5.95. The van der Waals surface area contributed by atoms with E-state index >= 15 is 0 Å². The second-order valence-corrected chi connectivity index (χ2v) is 5.35. The number of hydrogen-bond donors (Lipinski definition) is 2. The fourth-order valence-corrected chi connectivity index (χ4v) is 2.50. The molecule has 1 aromatic rings. The van der Waals surface area contributed by atoms with Crippen LogP contribution in [0.15, 0.2) is 27.8 Å². The van der Waals surface area contributed by atoms with Crippen LogP contribution in [-0.4, -0.2) is 37.5 Å². The number of hydrogen-bond acceptors (Lipinski definition) is 3. The van der Waals surface area contributed by atoms with E-state index in [-0.39, 0.29) is 30.0 Å². The van der Waals surface area contributed by atoms with E-state index in [9.17, 15) is 0 Å². The van der Waals surface area contributed by atoms with Crippen molar-refractivity contribution in [3.63, 3.8) is 0 Å². The van der Waals surface area contributed by atoms with Gasteiger partial charge in [-0.3, -0.25) is 9.89 Å². The average molecular weight is 392 g/mol. The lowest BCUT2D eigenvalue weighted by molar-refractivity contribution is 0.265. The number of nitrogens with one attached hydrogen (secondary N) is 1. The van der Waals surface area contributed by atoms with Crippen molar-refractivity contribution < 1.29 is 4.42 Å². The van der Waals surface area contributed by atoms with Crippen molar-refractivity contribution in [1.82, 2.24) is 10.2 Å². The molecule has 0 radical (unpaired) electrons. The minimum Gasteiger partial charge on any atom is -0.468 e. The molecule has 1 atom stereocenters. The lowest BCUT2D eigenvalue weighted by Crippen LogP contribution is -2.39. The summed E-state index contributed by atoms with van der Waals surface area (Å²) in [4.78, 5) is 6.54. The molecule has 0 aromatic carbocycles. The van der Waals surface area contributed by atoms with Gasteiger partial charge in [0, 0.05) is 6.04 Å². The largest absolute Gasteiger partial charge is 0.468 e. The molecule has 1 saturated carbocycles. The molecular formula is C14H25IN4O. The van der Waals surface area contributed by atoms with Crippen molar-refractivity contribution in [1.29, 1.82) is 0 Å². The number of guanidine groups is 1. The molecular weight excluding hydrogens is 367 g/mol. The van der Waals surface area contributed by atoms with Gasteiger partial charge in [-0.15, -0.1) is 24.0 Å². The lowest BCUT2D eigenvalue weighted by atomic mass is 10.2. The summed E-state index contributed by atoms with van der Waals surface area (Å²) < 4.78 is 5.45. The first-order valence-electron chi connectivity index (χ1n) is 6.93. The maximum atomic E-state index is 5.95. The molecule has 0 saturated heterocycles. The Kier molecular flexibility index (Phi) is 7.36. The van der Waals surface area contributed by atoms with E-state index in [1.54, 1.807) is 6.26 Å². The first-order valence-corrected chi connectivity index (χ1v) is 6.93. The van der Waals surface area contributed by atoms with Crippen molar-refractivity contribution in [2.75, 3.05) is 20.6 Å². The number of likely N-dealkylation sites (N-methyl/N-ethyl adjacent to an activating group) is 1. The molecule has 1 aliphatic rings. The molecule has 0 spiro atoms. The highest BCUT2D eigenvalue weighted by molar-refractivity contribution is 14.0. The zero-order valence-corrected chi connectivity index (χ0v) is 14.5. The Morgan fingerprint density at radius 1 is 1.50 bits per heavy atom. The molecule has 0 bridgehead atoms. The second kappa shape index (κ2) is 8.51. The monoisotopic (exact) mass is 392 g/mol. The molecule has 1 heterocycles. The summed E-state index contributed by atoms with van der Waals surface area (Å²) in [6.45, 7) is 0.603. The summed E-state index contributed by atoms with van der Waals surface area (Å²) >= 11 is 0. The second-order valence-electron chi connectivity index (χ2n) is 5.35. The van der Waals surface area contributed by atoms with Crippen LogP contribution < -0.4 is 11.1 Å². The number of nitrogens with two attached hydrogens (primary N) is 1. The summed E-state index contributed by atoms with van der Waals surface area (Å²) in [5, 5.41) is 3.30. The fourth-order valence-electron chi connectivity index (χ4n) is 2.50. The van der Waals surface area contributed by atoms with Crippen molar-refractivity contribution in [3.05, 3.63) is 24.2 Å². The van der Waals surface area contributed by atoms with E-state index in [4.69, 9.17) is 10.2 Å². The Hall–Kier alpha value is -0.760. The number of nitrogens with zero attached hydrogens (tertiary/aromatic N) is 2. The van der Waals surface area contributed by atoms with Gasteiger partial charge in [0.05, 0.1) is 18.8 Å². The zero-order chi connectivity index (χ0) is 13.7. The quantitative estimate of drug-likeness (QED) is 0.459. The van der Waals surface area contributed by atoms with Crippen LogP contribution in [-0.2, 0) is 0 Å². The van der Waals surface area contributed by atoms with Crippen LogP contribution in [0, 0.1) is 0 Å². The molecule has 0 aliphatic heterocycles. The Morgan fingerprint density at radius 3 is 2.75 bits per heavy atom. The minimum atomic E-state index is 0. The molecule has 1 unspecified atom stereocenters. The van der Waals surface area contributed by atoms with Crippen LogP contribution in [0.2, 0.25) is 0 Å². The number of furan rings is 1. The molecule has 6 heteroatoms. The van der Waals surface area contributed by atoms with Crippen LogP contribution in [0.4, 0.5) is 0 Å². The standard InChI is InChI=1S/C14H24N4O.HI/c1-18(2)12(13-8-5-9-19-13)10-16-14(15)17-11-6-3-4-7-11;/h5,8-9,11-12H,3-4,6-7,10H2,1-2H3,(H3,15,16,17);1H. The maximum Gasteiger partial charge on any atom is 0.188 e. The fraction of sp³-hybridized carbons (Fsp3) is 0.643. The Labute approximate surface area is 138 Å². The van der Waals surface area contributed by atoms with Crippen LogP contribution in [0.1, 0.15) is 37.5 Å². The summed E-state index contributed by atoms with van der Waals surface area (Å²) in [5.74, 6) is 1.47. The van der Waals surface area contributed by atoms with E-state index in [2.05, 4.69) is 15.2 Å². The molecule has 20 heavy (non-hydrogen) atoms. The topological polar surface area (TPSA) is 66.8 Å². The third kappa shape index (κ3) is 4.97. The van der Waals surface area contributed by atoms with Gasteiger partial charge in [0.15, 0.2) is 5.96 Å². The van der Waals surface area contributed by atoms with Gasteiger partial charge in [-0.1, -0.05) is 12.8 Å². The first kappa shape index (κ1) is 17.3. The van der Waals surface area contributed by atoms with Crippen molar-refractivity contribution >= 4 is 29.9 Å². The molecule has 3 N–H and O–H groups in total. The van der Waals surface area contributed by atoms with Gasteiger partial charge in [-0.2, -0.15) is 0 Å². The molecule has 0 amide bonds. The van der Waals surface area contributed by atoms with Gasteiger partial charge in [0.25, 0.3) is 0 Å². The third-order valence-electron chi connectivity index (χ3n) is 3.64. The molecule has 2 rings (SSSR count). The highest BCUT2D eigenvalue weighted by Gasteiger charge is 2.18. The number of aliphatic imine (C=N–C) groups is 1. The van der Waals surface area contributed by atoms with E-state index < -0.39 is 0 Å². The highest BCUT2D eigenvalue weighted by atomic mass is 127. The SMILES string of the molecule is CN(C)C(CN=C(N)NC1CCCC1)c1ccco1.I. The first-order chi connectivity index (χ1) is 9.16. The lowest BCUT2D eigenvalue weighted by Gasteiger charge is -2.21. The van der Waals surface area contributed by atoms with Crippen LogP contribution in [0.3, 0.4) is 0 Å². The molecule has 1 aliphatic carbocycles. The van der Waals surface area contributed by atoms with Crippen molar-refractivity contribution in [3.8, 4) is 0 Å². The van der Waals surface area contributed by atoms with Gasteiger partial charge in [0.2, 0.25) is 0 Å². The zero-order valence-electron chi connectivity index (χ0n) is 12.2.